The molecule has 1 unspecified atom stereocenters. The van der Waals surface area contributed by atoms with Crippen LogP contribution >= 0.6 is 11.3 Å². The van der Waals surface area contributed by atoms with Gasteiger partial charge < -0.3 is 5.11 Å². The van der Waals surface area contributed by atoms with Gasteiger partial charge in [-0.3, -0.25) is 0 Å². The van der Waals surface area contributed by atoms with Gasteiger partial charge in [-0.1, -0.05) is 6.92 Å². The Bertz CT molecular complexity index is 534. The molecule has 2 aromatic heterocycles. The van der Waals surface area contributed by atoms with Crippen LogP contribution in [0.15, 0.2) is 11.4 Å². The SMILES string of the molecule is CCc1ccsc1-c1nnnn1C(C)C(=O)O. The second-order valence-corrected chi connectivity index (χ2v) is 4.51. The Kier molecular flexibility index (Phi) is 3.19. The first-order valence-electron chi connectivity index (χ1n) is 5.22. The lowest BCUT2D eigenvalue weighted by Crippen LogP contribution is -2.18. The Morgan fingerprint density at radius 3 is 3.06 bits per heavy atom. The van der Waals surface area contributed by atoms with Crippen molar-refractivity contribution < 1.29 is 9.90 Å². The number of rotatable bonds is 4. The highest BCUT2D eigenvalue weighted by molar-refractivity contribution is 7.13. The van der Waals surface area contributed by atoms with E-state index >= 15 is 0 Å². The van der Waals surface area contributed by atoms with Crippen molar-refractivity contribution in [2.75, 3.05) is 0 Å². The molecule has 2 rings (SSSR count). The summed E-state index contributed by atoms with van der Waals surface area (Å²) >= 11 is 1.52. The van der Waals surface area contributed by atoms with Crippen LogP contribution in [0.2, 0.25) is 0 Å². The Morgan fingerprint density at radius 2 is 2.41 bits per heavy atom. The molecule has 0 aromatic carbocycles. The maximum atomic E-state index is 11.0. The van der Waals surface area contributed by atoms with E-state index in [1.54, 1.807) is 6.92 Å². The Morgan fingerprint density at radius 1 is 1.65 bits per heavy atom. The summed E-state index contributed by atoms with van der Waals surface area (Å²) in [5.74, 6) is -0.431. The van der Waals surface area contributed by atoms with Gasteiger partial charge in [0.1, 0.15) is 0 Å². The van der Waals surface area contributed by atoms with E-state index in [0.717, 1.165) is 16.9 Å². The van der Waals surface area contributed by atoms with Gasteiger partial charge in [-0.25, -0.2) is 9.48 Å². The van der Waals surface area contributed by atoms with Crippen LogP contribution in [0.5, 0.6) is 0 Å². The zero-order valence-electron chi connectivity index (χ0n) is 9.49. The van der Waals surface area contributed by atoms with Crippen molar-refractivity contribution in [2.45, 2.75) is 26.3 Å². The van der Waals surface area contributed by atoms with Gasteiger partial charge >= 0.3 is 5.97 Å². The Balaban J connectivity index is 2.47. The molecule has 0 amide bonds. The van der Waals surface area contributed by atoms with Crippen LogP contribution in [0.1, 0.15) is 25.5 Å². The third-order valence-corrected chi connectivity index (χ3v) is 3.50. The molecule has 1 N–H and O–H groups in total. The monoisotopic (exact) mass is 252 g/mol. The van der Waals surface area contributed by atoms with E-state index < -0.39 is 12.0 Å². The van der Waals surface area contributed by atoms with Crippen LogP contribution in [0.3, 0.4) is 0 Å². The van der Waals surface area contributed by atoms with Crippen LogP contribution in [0, 0.1) is 0 Å². The van der Waals surface area contributed by atoms with Crippen molar-refractivity contribution in [1.29, 1.82) is 0 Å². The van der Waals surface area contributed by atoms with Gasteiger partial charge in [0.2, 0.25) is 0 Å². The quantitative estimate of drug-likeness (QED) is 0.894. The molecule has 0 aliphatic heterocycles. The largest absolute Gasteiger partial charge is 0.480 e. The number of hydrogen-bond acceptors (Lipinski definition) is 5. The first-order chi connectivity index (χ1) is 8.15. The molecule has 1 atom stereocenters. The number of aryl methyl sites for hydroxylation is 1. The van der Waals surface area contributed by atoms with E-state index in [2.05, 4.69) is 15.5 Å². The molecule has 0 radical (unpaired) electrons. The minimum Gasteiger partial charge on any atom is -0.480 e. The van der Waals surface area contributed by atoms with Crippen molar-refractivity contribution in [3.8, 4) is 10.7 Å². The minimum atomic E-state index is -0.951. The van der Waals surface area contributed by atoms with Crippen molar-refractivity contribution in [3.05, 3.63) is 17.0 Å². The third kappa shape index (κ3) is 2.05. The number of aromatic nitrogens is 4. The summed E-state index contributed by atoms with van der Waals surface area (Å²) < 4.78 is 1.34. The minimum absolute atomic E-state index is 0.520. The lowest BCUT2D eigenvalue weighted by atomic mass is 10.2. The summed E-state index contributed by atoms with van der Waals surface area (Å²) in [7, 11) is 0. The first-order valence-corrected chi connectivity index (χ1v) is 6.10. The van der Waals surface area contributed by atoms with Gasteiger partial charge in [-0.05, 0) is 40.8 Å². The first kappa shape index (κ1) is 11.7. The van der Waals surface area contributed by atoms with Gasteiger partial charge in [-0.15, -0.1) is 16.4 Å². The number of carbonyl (C=O) groups is 1. The number of aliphatic carboxylic acids is 1. The summed E-state index contributed by atoms with van der Waals surface area (Å²) in [6.07, 6.45) is 0.868. The third-order valence-electron chi connectivity index (χ3n) is 2.55. The number of nitrogens with zero attached hydrogens (tertiary/aromatic N) is 4. The van der Waals surface area contributed by atoms with Crippen LogP contribution in [-0.4, -0.2) is 31.3 Å². The van der Waals surface area contributed by atoms with Crippen molar-refractivity contribution in [2.24, 2.45) is 0 Å². The molecule has 7 heteroatoms. The fraction of sp³-hybridized carbons (Fsp3) is 0.400. The molecule has 0 aliphatic rings. The van der Waals surface area contributed by atoms with Gasteiger partial charge in [0.25, 0.3) is 0 Å². The van der Waals surface area contributed by atoms with Crippen LogP contribution < -0.4 is 0 Å². The van der Waals surface area contributed by atoms with Crippen LogP contribution in [-0.2, 0) is 11.2 Å². The topological polar surface area (TPSA) is 80.9 Å². The van der Waals surface area contributed by atoms with E-state index in [-0.39, 0.29) is 0 Å². The second-order valence-electron chi connectivity index (χ2n) is 3.59. The lowest BCUT2D eigenvalue weighted by Gasteiger charge is -2.08. The maximum absolute atomic E-state index is 11.0. The highest BCUT2D eigenvalue weighted by atomic mass is 32.1. The van der Waals surface area contributed by atoms with Crippen molar-refractivity contribution >= 4 is 17.3 Å². The summed E-state index contributed by atoms with van der Waals surface area (Å²) in [5, 5.41) is 22.2. The van der Waals surface area contributed by atoms with Crippen molar-refractivity contribution in [1.82, 2.24) is 20.2 Å². The fourth-order valence-corrected chi connectivity index (χ4v) is 2.49. The lowest BCUT2D eigenvalue weighted by molar-refractivity contribution is -0.140. The summed E-state index contributed by atoms with van der Waals surface area (Å²) in [4.78, 5) is 11.9. The molecule has 2 aromatic rings. The van der Waals surface area contributed by atoms with E-state index in [0.29, 0.717) is 5.82 Å². The van der Waals surface area contributed by atoms with Gasteiger partial charge in [0.15, 0.2) is 11.9 Å². The van der Waals surface area contributed by atoms with E-state index in [4.69, 9.17) is 5.11 Å². The summed E-state index contributed by atoms with van der Waals surface area (Å²) in [6, 6.07) is 1.23. The molecule has 2 heterocycles. The average Bonchev–Trinajstić information content (AvgIpc) is 2.95. The predicted molar refractivity (Wildman–Crippen MR) is 62.9 cm³/mol. The number of carboxylic acids is 1. The Labute approximate surface area is 102 Å². The Hall–Kier alpha value is -1.76. The van der Waals surface area contributed by atoms with Gasteiger partial charge in [0.05, 0.1) is 4.88 Å². The second kappa shape index (κ2) is 4.62. The average molecular weight is 252 g/mol. The smallest absolute Gasteiger partial charge is 0.328 e. The van der Waals surface area contributed by atoms with E-state index in [9.17, 15) is 4.79 Å². The number of carboxylic acid groups (broad SMARTS) is 1. The molecule has 0 spiro atoms. The van der Waals surface area contributed by atoms with Crippen LogP contribution in [0.4, 0.5) is 0 Å². The molecule has 17 heavy (non-hydrogen) atoms. The molecule has 6 nitrogen and oxygen atoms in total. The molecule has 0 aliphatic carbocycles. The zero-order valence-corrected chi connectivity index (χ0v) is 10.3. The van der Waals surface area contributed by atoms with E-state index in [1.165, 1.54) is 16.0 Å². The molecule has 0 bridgehead atoms. The van der Waals surface area contributed by atoms with E-state index in [1.807, 2.05) is 18.4 Å². The van der Waals surface area contributed by atoms with Crippen LogP contribution in [0.25, 0.3) is 10.7 Å². The fourth-order valence-electron chi connectivity index (χ4n) is 1.52. The number of tetrazole rings is 1. The van der Waals surface area contributed by atoms with Gasteiger partial charge in [-0.2, -0.15) is 0 Å². The summed E-state index contributed by atoms with van der Waals surface area (Å²) in [6.45, 7) is 3.60. The molecular formula is C10H12N4O2S. The highest BCUT2D eigenvalue weighted by Crippen LogP contribution is 2.29. The number of thiophene rings is 1. The normalized spacial score (nSPS) is 12.6. The maximum Gasteiger partial charge on any atom is 0.328 e. The molecule has 90 valence electrons. The standard InChI is InChI=1S/C10H12N4O2S/c1-3-7-4-5-17-8(7)9-11-12-13-14(9)6(2)10(15)16/h4-6H,3H2,1-2H3,(H,15,16). The van der Waals surface area contributed by atoms with Crippen molar-refractivity contribution in [3.63, 3.8) is 0 Å². The number of hydrogen-bond donors (Lipinski definition) is 1. The van der Waals surface area contributed by atoms with Gasteiger partial charge in [0, 0.05) is 0 Å². The molecule has 0 fully saturated rings. The molecule has 0 saturated carbocycles. The molecular weight excluding hydrogens is 240 g/mol. The zero-order chi connectivity index (χ0) is 12.4. The molecule has 0 saturated heterocycles. The summed E-state index contributed by atoms with van der Waals surface area (Å²) in [5.41, 5.74) is 1.13. The highest BCUT2D eigenvalue weighted by Gasteiger charge is 2.22. The predicted octanol–water partition coefficient (Wildman–Crippen LogP) is 1.61.